The zero-order valence-electron chi connectivity index (χ0n) is 18.7. The molecule has 0 aromatic heterocycles. The fraction of sp³-hybridized carbons (Fsp3) is 0.333. The molecule has 2 N–H and O–H groups in total. The lowest BCUT2D eigenvalue weighted by atomic mass is 10.4. The van der Waals surface area contributed by atoms with Crippen molar-refractivity contribution in [2.45, 2.75) is 12.2 Å². The molecule has 0 aromatic carbocycles. The minimum absolute atomic E-state index is 0.452. The van der Waals surface area contributed by atoms with E-state index in [9.17, 15) is 28.8 Å². The highest BCUT2D eigenvalue weighted by molar-refractivity contribution is 5.82. The molecular formula is C21H26N2O12. The van der Waals surface area contributed by atoms with Gasteiger partial charge in [-0.05, 0) is 0 Å². The topological polar surface area (TPSA) is 182 Å². The maximum Gasteiger partial charge on any atom is 0.409 e. The molecule has 0 atom stereocenters. The van der Waals surface area contributed by atoms with Gasteiger partial charge < -0.3 is 39.1 Å². The molecule has 2 amide bonds. The summed E-state index contributed by atoms with van der Waals surface area (Å²) in [6.07, 6.45) is -0.985. The first-order chi connectivity index (χ1) is 16.6. The summed E-state index contributed by atoms with van der Waals surface area (Å²) in [5.74, 6) is -3.20. The molecule has 0 saturated heterocycles. The number of esters is 4. The molecule has 0 aromatic rings. The molecule has 0 bridgehead atoms. The molecule has 0 radical (unpaired) electrons. The van der Waals surface area contributed by atoms with Crippen molar-refractivity contribution in [2.75, 3.05) is 33.1 Å². The van der Waals surface area contributed by atoms with Crippen molar-refractivity contribution in [3.8, 4) is 0 Å². The Morgan fingerprint density at radius 2 is 0.800 bits per heavy atom. The first-order valence-corrected chi connectivity index (χ1v) is 9.70. The third kappa shape index (κ3) is 15.8. The zero-order chi connectivity index (χ0) is 26.6. The second-order valence-electron chi connectivity index (χ2n) is 5.92. The third-order valence-corrected chi connectivity index (χ3v) is 3.33. The molecule has 0 rings (SSSR count). The maximum absolute atomic E-state index is 11.9. The molecular weight excluding hydrogens is 472 g/mol. The van der Waals surface area contributed by atoms with Gasteiger partial charge >= 0.3 is 36.1 Å². The van der Waals surface area contributed by atoms with Crippen LogP contribution in [0.5, 0.6) is 0 Å². The number of ether oxygens (including phenoxy) is 6. The van der Waals surface area contributed by atoms with Crippen LogP contribution in [0.2, 0.25) is 0 Å². The minimum Gasteiger partial charge on any atom is -0.458 e. The normalized spacial score (nSPS) is 9.66. The first kappa shape index (κ1) is 30.4. The summed E-state index contributed by atoms with van der Waals surface area (Å²) in [6.45, 7) is 10.5. The Bertz CT molecular complexity index is 709. The van der Waals surface area contributed by atoms with Gasteiger partial charge in [-0.1, -0.05) is 26.3 Å². The number of carbonyl (C=O) groups is 6. The highest BCUT2D eigenvalue weighted by Crippen LogP contribution is 2.00. The standard InChI is InChI=1S/C21H26N2O12/c1-5-16(24)30-9-14(10-31-17(25)6-2)34-20(28)22-13-23-21(29)35-15(11-32-18(26)7-3)12-33-19(27)8-4/h5-8,14-15H,1-4,9-13H2,(H,22,28)(H,23,29). The van der Waals surface area contributed by atoms with Gasteiger partial charge in [0.15, 0.2) is 12.2 Å². The summed E-state index contributed by atoms with van der Waals surface area (Å²) in [4.78, 5) is 68.6. The number of alkyl carbamates (subject to hydrolysis) is 2. The lowest BCUT2D eigenvalue weighted by Crippen LogP contribution is -2.42. The summed E-state index contributed by atoms with van der Waals surface area (Å²) >= 11 is 0. The van der Waals surface area contributed by atoms with E-state index in [0.29, 0.717) is 0 Å². The monoisotopic (exact) mass is 498 g/mol. The third-order valence-electron chi connectivity index (χ3n) is 3.33. The predicted molar refractivity (Wildman–Crippen MR) is 116 cm³/mol. The van der Waals surface area contributed by atoms with Crippen molar-refractivity contribution in [1.82, 2.24) is 10.6 Å². The van der Waals surface area contributed by atoms with Crippen LogP contribution in [0.1, 0.15) is 0 Å². The van der Waals surface area contributed by atoms with Crippen molar-refractivity contribution >= 4 is 36.1 Å². The second kappa shape index (κ2) is 17.9. The number of amides is 2. The van der Waals surface area contributed by atoms with Gasteiger partial charge in [0.2, 0.25) is 0 Å². The lowest BCUT2D eigenvalue weighted by Gasteiger charge is -2.19. The summed E-state index contributed by atoms with van der Waals surface area (Å²) in [5, 5.41) is 4.30. The van der Waals surface area contributed by atoms with E-state index < -0.39 is 81.4 Å². The van der Waals surface area contributed by atoms with Crippen LogP contribution in [0, 0.1) is 0 Å². The highest BCUT2D eigenvalue weighted by atomic mass is 16.6. The van der Waals surface area contributed by atoms with Gasteiger partial charge in [0.1, 0.15) is 26.4 Å². The first-order valence-electron chi connectivity index (χ1n) is 9.70. The van der Waals surface area contributed by atoms with Crippen molar-refractivity contribution in [1.29, 1.82) is 0 Å². The average molecular weight is 498 g/mol. The minimum atomic E-state index is -1.18. The molecule has 14 heteroatoms. The molecule has 35 heavy (non-hydrogen) atoms. The summed E-state index contributed by atoms with van der Waals surface area (Å²) < 4.78 is 28.9. The van der Waals surface area contributed by atoms with Crippen LogP contribution >= 0.6 is 0 Å². The molecule has 14 nitrogen and oxygen atoms in total. The van der Waals surface area contributed by atoms with Crippen LogP contribution < -0.4 is 10.6 Å². The van der Waals surface area contributed by atoms with Crippen LogP contribution in [-0.4, -0.2) is 81.4 Å². The van der Waals surface area contributed by atoms with Gasteiger partial charge in [0.05, 0.1) is 6.67 Å². The molecule has 0 aliphatic carbocycles. The highest BCUT2D eigenvalue weighted by Gasteiger charge is 2.20. The van der Waals surface area contributed by atoms with E-state index in [1.54, 1.807) is 0 Å². The number of rotatable bonds is 16. The summed E-state index contributed by atoms with van der Waals surface area (Å²) in [5.41, 5.74) is 0. The average Bonchev–Trinajstić information content (AvgIpc) is 2.85. The zero-order valence-corrected chi connectivity index (χ0v) is 18.7. The number of nitrogens with one attached hydrogen (secondary N) is 2. The van der Waals surface area contributed by atoms with Crippen molar-refractivity contribution in [2.24, 2.45) is 0 Å². The molecule has 0 fully saturated rings. The van der Waals surface area contributed by atoms with Crippen molar-refractivity contribution < 1.29 is 57.2 Å². The van der Waals surface area contributed by atoms with Gasteiger partial charge in [-0.15, -0.1) is 0 Å². The number of carbonyl (C=O) groups excluding carboxylic acids is 6. The van der Waals surface area contributed by atoms with Gasteiger partial charge in [0, 0.05) is 24.3 Å². The Labute approximate surface area is 200 Å². The fourth-order valence-electron chi connectivity index (χ4n) is 1.74. The van der Waals surface area contributed by atoms with E-state index in [2.05, 4.69) is 36.9 Å². The molecule has 0 aliphatic heterocycles. The second-order valence-corrected chi connectivity index (χ2v) is 5.92. The van der Waals surface area contributed by atoms with Crippen molar-refractivity contribution in [3.05, 3.63) is 50.6 Å². The van der Waals surface area contributed by atoms with Gasteiger partial charge in [-0.3, -0.25) is 0 Å². The largest absolute Gasteiger partial charge is 0.458 e. The predicted octanol–water partition coefficient (Wildman–Crippen LogP) is 0.0503. The van der Waals surface area contributed by atoms with Gasteiger partial charge in [-0.25, -0.2) is 28.8 Å². The fourth-order valence-corrected chi connectivity index (χ4v) is 1.74. The van der Waals surface area contributed by atoms with Crippen LogP contribution in [0.15, 0.2) is 50.6 Å². The van der Waals surface area contributed by atoms with Crippen molar-refractivity contribution in [3.63, 3.8) is 0 Å². The van der Waals surface area contributed by atoms with Gasteiger partial charge in [0.25, 0.3) is 0 Å². The summed E-state index contributed by atoms with van der Waals surface area (Å²) in [6, 6.07) is 0. The van der Waals surface area contributed by atoms with Crippen LogP contribution in [0.25, 0.3) is 0 Å². The van der Waals surface area contributed by atoms with Gasteiger partial charge in [-0.2, -0.15) is 0 Å². The molecule has 0 aliphatic rings. The molecule has 0 unspecified atom stereocenters. The molecule has 0 heterocycles. The van der Waals surface area contributed by atoms with E-state index in [1.807, 2.05) is 0 Å². The number of hydrogen-bond acceptors (Lipinski definition) is 12. The van der Waals surface area contributed by atoms with Crippen LogP contribution in [0.3, 0.4) is 0 Å². The maximum atomic E-state index is 11.9. The Kier molecular flexibility index (Phi) is 15.5. The Balaban J connectivity index is 4.67. The van der Waals surface area contributed by atoms with E-state index >= 15 is 0 Å². The Hall–Kier alpha value is -4.62. The van der Waals surface area contributed by atoms with E-state index in [0.717, 1.165) is 24.3 Å². The molecule has 0 spiro atoms. The molecule has 192 valence electrons. The SMILES string of the molecule is C=CC(=O)OCC(COC(=O)C=C)OC(=O)NCNC(=O)OC(COC(=O)C=C)COC(=O)C=C. The Morgan fingerprint density at radius 3 is 1.03 bits per heavy atom. The summed E-state index contributed by atoms with van der Waals surface area (Å²) in [7, 11) is 0. The van der Waals surface area contributed by atoms with E-state index in [4.69, 9.17) is 28.4 Å². The smallest absolute Gasteiger partial charge is 0.409 e. The number of hydrogen-bond donors (Lipinski definition) is 2. The van der Waals surface area contributed by atoms with Crippen LogP contribution in [0.4, 0.5) is 9.59 Å². The van der Waals surface area contributed by atoms with Crippen LogP contribution in [-0.2, 0) is 47.6 Å². The Morgan fingerprint density at radius 1 is 0.543 bits per heavy atom. The van der Waals surface area contributed by atoms with E-state index in [-0.39, 0.29) is 0 Å². The van der Waals surface area contributed by atoms with E-state index in [1.165, 1.54) is 0 Å². The quantitative estimate of drug-likeness (QED) is 0.126. The lowest BCUT2D eigenvalue weighted by molar-refractivity contribution is -0.147. The molecule has 0 saturated carbocycles.